The van der Waals surface area contributed by atoms with Gasteiger partial charge in [0.25, 0.3) is 0 Å². The van der Waals surface area contributed by atoms with Gasteiger partial charge in [0.2, 0.25) is 11.6 Å². The number of phenolic OH excluding ortho intramolecular Hbond substituents is 1. The molecule has 0 saturated heterocycles. The number of phenols is 1. The van der Waals surface area contributed by atoms with Gasteiger partial charge >= 0.3 is 0 Å². The molecule has 0 bridgehead atoms. The Balaban J connectivity index is 2.79. The Bertz CT molecular complexity index is 644. The molecule has 0 aliphatic rings. The lowest BCUT2D eigenvalue weighted by molar-refractivity contribution is 0.358. The summed E-state index contributed by atoms with van der Waals surface area (Å²) in [4.78, 5) is 0. The van der Waals surface area contributed by atoms with Crippen LogP contribution in [0.15, 0.2) is 18.2 Å². The van der Waals surface area contributed by atoms with Crippen LogP contribution in [0.4, 0.5) is 17.6 Å². The first-order valence-corrected chi connectivity index (χ1v) is 5.60. The van der Waals surface area contributed by atoms with E-state index < -0.39 is 34.6 Å². The Morgan fingerprint density at radius 2 is 1.32 bits per heavy atom. The van der Waals surface area contributed by atoms with Crippen LogP contribution in [-0.4, -0.2) is 5.11 Å². The van der Waals surface area contributed by atoms with Crippen molar-refractivity contribution in [2.24, 2.45) is 0 Å². The zero-order valence-corrected chi connectivity index (χ0v) is 10.5. The molecule has 0 unspecified atom stereocenters. The Morgan fingerprint density at radius 3 is 1.79 bits per heavy atom. The fourth-order valence-corrected chi connectivity index (χ4v) is 1.82. The molecule has 1 nitrogen and oxygen atoms in total. The topological polar surface area (TPSA) is 20.2 Å². The summed E-state index contributed by atoms with van der Waals surface area (Å²) in [6.07, 6.45) is 0. The minimum absolute atomic E-state index is 0.0353. The van der Waals surface area contributed by atoms with Gasteiger partial charge in [0.1, 0.15) is 0 Å². The lowest BCUT2D eigenvalue weighted by atomic mass is 10.0. The maximum Gasteiger partial charge on any atom is 0.204 e. The largest absolute Gasteiger partial charge is 0.503 e. The maximum atomic E-state index is 13.6. The number of hydrogen-bond acceptors (Lipinski definition) is 1. The lowest BCUT2D eigenvalue weighted by Gasteiger charge is -2.09. The van der Waals surface area contributed by atoms with Crippen LogP contribution in [0.25, 0.3) is 11.1 Å². The van der Waals surface area contributed by atoms with Crippen molar-refractivity contribution in [3.05, 3.63) is 51.5 Å². The molecule has 0 aromatic heterocycles. The fraction of sp³-hybridized carbons (Fsp3) is 0. The molecule has 1 N–H and O–H groups in total. The SMILES string of the molecule is Oc1c(F)c(F)c(-c2ccc(Cl)c(Cl)c2)c(F)c1F. The zero-order valence-electron chi connectivity index (χ0n) is 8.95. The van der Waals surface area contributed by atoms with E-state index in [9.17, 15) is 17.6 Å². The van der Waals surface area contributed by atoms with E-state index >= 15 is 0 Å². The average molecular weight is 311 g/mol. The molecule has 0 spiro atoms. The van der Waals surface area contributed by atoms with E-state index in [0.29, 0.717) is 0 Å². The molecular formula is C12H4Cl2F4O. The monoisotopic (exact) mass is 310 g/mol. The van der Waals surface area contributed by atoms with Crippen molar-refractivity contribution in [3.8, 4) is 16.9 Å². The Kier molecular flexibility index (Phi) is 3.60. The molecule has 0 heterocycles. The number of benzene rings is 2. The van der Waals surface area contributed by atoms with Gasteiger partial charge in [0.05, 0.1) is 15.6 Å². The fourth-order valence-electron chi connectivity index (χ4n) is 1.53. The summed E-state index contributed by atoms with van der Waals surface area (Å²) in [5.74, 6) is -8.89. The quantitative estimate of drug-likeness (QED) is 0.585. The third kappa shape index (κ3) is 2.24. The first-order chi connectivity index (χ1) is 8.84. The summed E-state index contributed by atoms with van der Waals surface area (Å²) in [7, 11) is 0. The lowest BCUT2D eigenvalue weighted by Crippen LogP contribution is -2.00. The van der Waals surface area contributed by atoms with E-state index in [0.717, 1.165) is 12.1 Å². The van der Waals surface area contributed by atoms with Gasteiger partial charge in [0.15, 0.2) is 17.4 Å². The van der Waals surface area contributed by atoms with Gasteiger partial charge in [-0.3, -0.25) is 0 Å². The molecule has 2 rings (SSSR count). The van der Waals surface area contributed by atoms with Crippen molar-refractivity contribution in [3.63, 3.8) is 0 Å². The molecule has 0 aliphatic heterocycles. The summed E-state index contributed by atoms with van der Waals surface area (Å²) in [5.41, 5.74) is -1.17. The predicted octanol–water partition coefficient (Wildman–Crippen LogP) is 4.92. The van der Waals surface area contributed by atoms with Crippen molar-refractivity contribution in [1.82, 2.24) is 0 Å². The van der Waals surface area contributed by atoms with E-state index in [2.05, 4.69) is 0 Å². The van der Waals surface area contributed by atoms with Crippen molar-refractivity contribution < 1.29 is 22.7 Å². The summed E-state index contributed by atoms with van der Waals surface area (Å²) >= 11 is 11.3. The molecule has 0 amide bonds. The zero-order chi connectivity index (χ0) is 14.3. The third-order valence-corrected chi connectivity index (χ3v) is 3.19. The highest BCUT2D eigenvalue weighted by molar-refractivity contribution is 6.42. The molecule has 0 atom stereocenters. The van der Waals surface area contributed by atoms with E-state index in [-0.39, 0.29) is 15.6 Å². The molecule has 0 radical (unpaired) electrons. The highest BCUT2D eigenvalue weighted by Crippen LogP contribution is 2.37. The van der Waals surface area contributed by atoms with Crippen LogP contribution in [0, 0.1) is 23.3 Å². The van der Waals surface area contributed by atoms with E-state index in [1.807, 2.05) is 0 Å². The van der Waals surface area contributed by atoms with Gasteiger partial charge in [-0.15, -0.1) is 0 Å². The Labute approximate surface area is 115 Å². The number of halogens is 6. The van der Waals surface area contributed by atoms with Gasteiger partial charge in [-0.25, -0.2) is 8.78 Å². The summed E-state index contributed by atoms with van der Waals surface area (Å²) in [5, 5.41) is 8.94. The minimum Gasteiger partial charge on any atom is -0.503 e. The van der Waals surface area contributed by atoms with Gasteiger partial charge in [-0.1, -0.05) is 29.3 Å². The summed E-state index contributed by atoms with van der Waals surface area (Å²) in [6, 6.07) is 3.42. The molecule has 0 fully saturated rings. The summed E-state index contributed by atoms with van der Waals surface area (Å²) in [6.45, 7) is 0. The van der Waals surface area contributed by atoms with Crippen molar-refractivity contribution >= 4 is 23.2 Å². The van der Waals surface area contributed by atoms with Crippen LogP contribution in [0.2, 0.25) is 10.0 Å². The number of hydrogen-bond donors (Lipinski definition) is 1. The first kappa shape index (κ1) is 14.0. The van der Waals surface area contributed by atoms with Crippen LogP contribution in [-0.2, 0) is 0 Å². The second-order valence-electron chi connectivity index (χ2n) is 3.61. The second kappa shape index (κ2) is 4.90. The molecule has 2 aromatic carbocycles. The summed E-state index contributed by atoms with van der Waals surface area (Å²) < 4.78 is 53.6. The van der Waals surface area contributed by atoms with E-state index in [1.54, 1.807) is 0 Å². The Hall–Kier alpha value is -1.46. The highest BCUT2D eigenvalue weighted by Gasteiger charge is 2.26. The predicted molar refractivity (Wildman–Crippen MR) is 63.4 cm³/mol. The van der Waals surface area contributed by atoms with Crippen molar-refractivity contribution in [2.45, 2.75) is 0 Å². The average Bonchev–Trinajstić information content (AvgIpc) is 2.38. The highest BCUT2D eigenvalue weighted by atomic mass is 35.5. The van der Waals surface area contributed by atoms with Crippen LogP contribution in [0.5, 0.6) is 5.75 Å². The molecule has 19 heavy (non-hydrogen) atoms. The smallest absolute Gasteiger partial charge is 0.204 e. The third-order valence-electron chi connectivity index (χ3n) is 2.45. The minimum atomic E-state index is -1.88. The van der Waals surface area contributed by atoms with Crippen molar-refractivity contribution in [2.75, 3.05) is 0 Å². The standard InChI is InChI=1S/C12H4Cl2F4O/c13-5-2-1-4(3-6(5)14)7-8(15)10(17)12(19)11(18)9(7)16/h1-3,19H. The van der Waals surface area contributed by atoms with Gasteiger partial charge in [-0.2, -0.15) is 8.78 Å². The van der Waals surface area contributed by atoms with Gasteiger partial charge < -0.3 is 5.11 Å². The number of aromatic hydroxyl groups is 1. The van der Waals surface area contributed by atoms with Crippen LogP contribution in [0.1, 0.15) is 0 Å². The molecule has 0 aliphatic carbocycles. The molecule has 0 saturated carbocycles. The molecule has 7 heteroatoms. The maximum absolute atomic E-state index is 13.6. The van der Waals surface area contributed by atoms with Crippen LogP contribution >= 0.6 is 23.2 Å². The number of rotatable bonds is 1. The first-order valence-electron chi connectivity index (χ1n) is 4.85. The molecular weight excluding hydrogens is 307 g/mol. The van der Waals surface area contributed by atoms with E-state index in [4.69, 9.17) is 28.3 Å². The Morgan fingerprint density at radius 1 is 0.789 bits per heavy atom. The van der Waals surface area contributed by atoms with Crippen LogP contribution in [0.3, 0.4) is 0 Å². The van der Waals surface area contributed by atoms with Crippen molar-refractivity contribution in [1.29, 1.82) is 0 Å². The van der Waals surface area contributed by atoms with E-state index in [1.165, 1.54) is 6.07 Å². The van der Waals surface area contributed by atoms with Crippen LogP contribution < -0.4 is 0 Å². The molecule has 2 aromatic rings. The molecule has 100 valence electrons. The van der Waals surface area contributed by atoms with Gasteiger partial charge in [0, 0.05) is 0 Å². The normalized spacial score (nSPS) is 10.8. The van der Waals surface area contributed by atoms with Gasteiger partial charge in [-0.05, 0) is 17.7 Å². The second-order valence-corrected chi connectivity index (χ2v) is 4.42.